The molecule has 1 N–H and O–H groups in total. The highest BCUT2D eigenvalue weighted by molar-refractivity contribution is 7.89. The number of fused-ring (bicyclic) bond motifs is 1. The van der Waals surface area contributed by atoms with E-state index in [1.54, 1.807) is 29.4 Å². The molecule has 1 aromatic heterocycles. The van der Waals surface area contributed by atoms with E-state index in [1.165, 1.54) is 0 Å². The summed E-state index contributed by atoms with van der Waals surface area (Å²) in [5.41, 5.74) is 5.03. The number of hydrogen-bond acceptors (Lipinski definition) is 4. The number of pyridine rings is 1. The number of sulfonamides is 1. The molecule has 2 aromatic carbocycles. The predicted octanol–water partition coefficient (Wildman–Crippen LogP) is 3.91. The topological polar surface area (TPSA) is 79.4 Å². The third-order valence-electron chi connectivity index (χ3n) is 5.73. The van der Waals surface area contributed by atoms with Gasteiger partial charge >= 0.3 is 0 Å². The summed E-state index contributed by atoms with van der Waals surface area (Å²) in [4.78, 5) is 18.7. The summed E-state index contributed by atoms with van der Waals surface area (Å²) in [7, 11) is -3.77. The van der Waals surface area contributed by atoms with E-state index in [2.05, 4.69) is 36.5 Å². The van der Waals surface area contributed by atoms with Crippen molar-refractivity contribution in [2.75, 3.05) is 18.0 Å². The van der Waals surface area contributed by atoms with Crippen LogP contribution in [0.2, 0.25) is 0 Å². The molecular formula is C25H27N3O3S. The molecule has 32 heavy (non-hydrogen) atoms. The van der Waals surface area contributed by atoms with E-state index >= 15 is 0 Å². The van der Waals surface area contributed by atoms with Crippen molar-refractivity contribution < 1.29 is 13.2 Å². The molecule has 1 aliphatic heterocycles. The highest BCUT2D eigenvalue weighted by Gasteiger charge is 2.26. The van der Waals surface area contributed by atoms with Gasteiger partial charge in [0.05, 0.1) is 11.4 Å². The molecule has 0 saturated heterocycles. The molecule has 0 aliphatic carbocycles. The van der Waals surface area contributed by atoms with Crippen LogP contribution in [0.5, 0.6) is 0 Å². The number of hydrogen-bond donors (Lipinski definition) is 1. The first-order valence-electron chi connectivity index (χ1n) is 10.6. The van der Waals surface area contributed by atoms with Gasteiger partial charge in [0.2, 0.25) is 15.9 Å². The van der Waals surface area contributed by atoms with Crippen LogP contribution in [-0.4, -0.2) is 32.4 Å². The third-order valence-corrected chi connectivity index (χ3v) is 7.15. The molecule has 1 aliphatic rings. The number of carbonyl (C=O) groups is 1. The number of anilines is 1. The average molecular weight is 450 g/mol. The Bertz CT molecular complexity index is 1230. The number of rotatable bonds is 5. The minimum absolute atomic E-state index is 0.0634. The molecule has 3 aromatic rings. The molecule has 6 nitrogen and oxygen atoms in total. The third kappa shape index (κ3) is 4.59. The standard InChI is InChI=1S/C25H27N3O3S/c1-25(2,3)21-5-7-22(8-6-21)32(30,31)27-17-24(29)28-15-12-20-16-19(4-9-23(20)28)18-10-13-26-14-11-18/h4-11,13-14,16,27H,12,15,17H2,1-3H3. The molecular weight excluding hydrogens is 422 g/mol. The molecule has 166 valence electrons. The van der Waals surface area contributed by atoms with Crippen LogP contribution < -0.4 is 9.62 Å². The zero-order valence-corrected chi connectivity index (χ0v) is 19.3. The Balaban J connectivity index is 1.44. The van der Waals surface area contributed by atoms with Crippen molar-refractivity contribution in [3.63, 3.8) is 0 Å². The maximum atomic E-state index is 12.8. The van der Waals surface area contributed by atoms with Crippen LogP contribution >= 0.6 is 0 Å². The van der Waals surface area contributed by atoms with Crippen molar-refractivity contribution in [2.24, 2.45) is 0 Å². The van der Waals surface area contributed by atoms with Crippen molar-refractivity contribution in [1.82, 2.24) is 9.71 Å². The maximum absolute atomic E-state index is 12.8. The van der Waals surface area contributed by atoms with Crippen LogP contribution in [0.3, 0.4) is 0 Å². The zero-order chi connectivity index (χ0) is 22.9. The highest BCUT2D eigenvalue weighted by atomic mass is 32.2. The van der Waals surface area contributed by atoms with E-state index in [4.69, 9.17) is 0 Å². The van der Waals surface area contributed by atoms with Crippen molar-refractivity contribution >= 4 is 21.6 Å². The molecule has 1 amide bonds. The van der Waals surface area contributed by atoms with Crippen LogP contribution in [-0.2, 0) is 26.7 Å². The first-order valence-corrected chi connectivity index (χ1v) is 12.1. The number of aromatic nitrogens is 1. The fraction of sp³-hybridized carbons (Fsp3) is 0.280. The molecule has 0 fully saturated rings. The van der Waals surface area contributed by atoms with Crippen LogP contribution in [0.1, 0.15) is 31.9 Å². The fourth-order valence-electron chi connectivity index (χ4n) is 3.85. The van der Waals surface area contributed by atoms with Gasteiger partial charge < -0.3 is 4.90 Å². The molecule has 0 unspecified atom stereocenters. The van der Waals surface area contributed by atoms with E-state index in [0.29, 0.717) is 6.54 Å². The van der Waals surface area contributed by atoms with Gasteiger partial charge in [-0.3, -0.25) is 9.78 Å². The number of nitrogens with zero attached hydrogens (tertiary/aromatic N) is 2. The summed E-state index contributed by atoms with van der Waals surface area (Å²) < 4.78 is 27.8. The number of benzene rings is 2. The van der Waals surface area contributed by atoms with Crippen LogP contribution in [0, 0.1) is 0 Å². The largest absolute Gasteiger partial charge is 0.311 e. The minimum Gasteiger partial charge on any atom is -0.311 e. The van der Waals surface area contributed by atoms with Crippen molar-refractivity contribution in [3.05, 3.63) is 78.1 Å². The summed E-state index contributed by atoms with van der Waals surface area (Å²) in [6.07, 6.45) is 4.24. The second-order valence-corrected chi connectivity index (χ2v) is 10.7. The second kappa shape index (κ2) is 8.48. The van der Waals surface area contributed by atoms with E-state index in [1.807, 2.05) is 36.4 Å². The van der Waals surface area contributed by atoms with Gasteiger partial charge in [0.25, 0.3) is 0 Å². The summed E-state index contributed by atoms with van der Waals surface area (Å²) in [5.74, 6) is -0.268. The molecule has 0 saturated carbocycles. The zero-order valence-electron chi connectivity index (χ0n) is 18.5. The lowest BCUT2D eigenvalue weighted by molar-refractivity contribution is -0.117. The molecule has 7 heteroatoms. The Labute approximate surface area is 189 Å². The second-order valence-electron chi connectivity index (χ2n) is 8.97. The van der Waals surface area contributed by atoms with Gasteiger partial charge in [0.15, 0.2) is 0 Å². The lowest BCUT2D eigenvalue weighted by Crippen LogP contribution is -2.39. The van der Waals surface area contributed by atoms with Crippen LogP contribution in [0.4, 0.5) is 5.69 Å². The number of amides is 1. The van der Waals surface area contributed by atoms with Crippen LogP contribution in [0.25, 0.3) is 11.1 Å². The molecule has 4 rings (SSSR count). The smallest absolute Gasteiger partial charge is 0.242 e. The van der Waals surface area contributed by atoms with E-state index in [-0.39, 0.29) is 22.8 Å². The first kappa shape index (κ1) is 22.2. The lowest BCUT2D eigenvalue weighted by atomic mass is 9.87. The molecule has 0 spiro atoms. The van der Waals surface area contributed by atoms with Crippen LogP contribution in [0.15, 0.2) is 71.9 Å². The van der Waals surface area contributed by atoms with Crippen molar-refractivity contribution in [3.8, 4) is 11.1 Å². The fourth-order valence-corrected chi connectivity index (χ4v) is 4.83. The molecule has 0 atom stereocenters. The summed E-state index contributed by atoms with van der Waals surface area (Å²) >= 11 is 0. The van der Waals surface area contributed by atoms with Crippen molar-refractivity contribution in [1.29, 1.82) is 0 Å². The van der Waals surface area contributed by atoms with Gasteiger partial charge in [-0.2, -0.15) is 0 Å². The van der Waals surface area contributed by atoms with Gasteiger partial charge in [0.1, 0.15) is 0 Å². The summed E-state index contributed by atoms with van der Waals surface area (Å²) in [6, 6.07) is 16.7. The average Bonchev–Trinajstić information content (AvgIpc) is 3.21. The Hall–Kier alpha value is -3.03. The Kier molecular flexibility index (Phi) is 5.88. The van der Waals surface area contributed by atoms with Crippen molar-refractivity contribution in [2.45, 2.75) is 37.5 Å². The quantitative estimate of drug-likeness (QED) is 0.640. The van der Waals surface area contributed by atoms with Gasteiger partial charge in [-0.05, 0) is 70.5 Å². The normalized spacial score (nSPS) is 13.8. The SMILES string of the molecule is CC(C)(C)c1ccc(S(=O)(=O)NCC(=O)N2CCc3cc(-c4ccncc4)ccc32)cc1. The van der Waals surface area contributed by atoms with Gasteiger partial charge in [-0.25, -0.2) is 13.1 Å². The van der Waals surface area contributed by atoms with Gasteiger partial charge in [-0.15, -0.1) is 0 Å². The summed E-state index contributed by atoms with van der Waals surface area (Å²) in [5, 5.41) is 0. The Morgan fingerprint density at radius 1 is 1.00 bits per heavy atom. The highest BCUT2D eigenvalue weighted by Crippen LogP contribution is 2.32. The van der Waals surface area contributed by atoms with E-state index in [9.17, 15) is 13.2 Å². The monoisotopic (exact) mass is 449 g/mol. The predicted molar refractivity (Wildman–Crippen MR) is 126 cm³/mol. The Morgan fingerprint density at radius 2 is 1.69 bits per heavy atom. The van der Waals surface area contributed by atoms with Gasteiger partial charge in [0, 0.05) is 24.6 Å². The molecule has 0 radical (unpaired) electrons. The summed E-state index contributed by atoms with van der Waals surface area (Å²) in [6.45, 7) is 6.47. The molecule has 0 bridgehead atoms. The van der Waals surface area contributed by atoms with E-state index in [0.717, 1.165) is 34.4 Å². The minimum atomic E-state index is -3.77. The maximum Gasteiger partial charge on any atom is 0.242 e. The van der Waals surface area contributed by atoms with Gasteiger partial charge in [-0.1, -0.05) is 39.0 Å². The lowest BCUT2D eigenvalue weighted by Gasteiger charge is -2.20. The van der Waals surface area contributed by atoms with E-state index < -0.39 is 10.0 Å². The first-order chi connectivity index (χ1) is 15.1. The Morgan fingerprint density at radius 3 is 2.34 bits per heavy atom. The number of nitrogens with one attached hydrogen (secondary N) is 1. The number of carbonyl (C=O) groups excluding carboxylic acids is 1. The molecule has 2 heterocycles.